The van der Waals surface area contributed by atoms with Crippen LogP contribution in [0.15, 0.2) is 5.16 Å². The smallest absolute Gasteiger partial charge is 0.139 e. The lowest BCUT2D eigenvalue weighted by atomic mass is 9.84. The molecule has 2 aliphatic rings. The first-order chi connectivity index (χ1) is 8.20. The van der Waals surface area contributed by atoms with Crippen LogP contribution >= 0.6 is 0 Å². The maximum atomic E-state index is 8.43. The van der Waals surface area contributed by atoms with Crippen molar-refractivity contribution < 1.29 is 5.21 Å². The highest BCUT2D eigenvalue weighted by molar-refractivity contribution is 5.79. The minimum Gasteiger partial charge on any atom is -0.409 e. The second kappa shape index (κ2) is 5.71. The van der Waals surface area contributed by atoms with Crippen molar-refractivity contribution in [1.29, 1.82) is 0 Å². The first-order valence-corrected chi connectivity index (χ1v) is 6.90. The van der Waals surface area contributed by atoms with E-state index in [1.165, 1.54) is 25.7 Å². The minimum absolute atomic E-state index is 0.333. The van der Waals surface area contributed by atoms with E-state index < -0.39 is 0 Å². The molecule has 0 aromatic rings. The van der Waals surface area contributed by atoms with Gasteiger partial charge in [0, 0.05) is 12.5 Å². The molecule has 0 radical (unpaired) electrons. The summed E-state index contributed by atoms with van der Waals surface area (Å²) in [6, 6.07) is 0.623. The van der Waals surface area contributed by atoms with Crippen molar-refractivity contribution in [3.63, 3.8) is 0 Å². The van der Waals surface area contributed by atoms with E-state index >= 15 is 0 Å². The van der Waals surface area contributed by atoms with E-state index in [0.29, 0.717) is 18.3 Å². The summed E-state index contributed by atoms with van der Waals surface area (Å²) in [4.78, 5) is 0. The highest BCUT2D eigenvalue weighted by Crippen LogP contribution is 2.49. The Morgan fingerprint density at radius 2 is 2.29 bits per heavy atom. The molecular formula is C13H25N3O. The molecule has 0 aromatic heterocycles. The molecule has 0 saturated heterocycles. The largest absolute Gasteiger partial charge is 0.409 e. The average Bonchev–Trinajstić information content (AvgIpc) is 2.96. The van der Waals surface area contributed by atoms with E-state index in [4.69, 9.17) is 10.9 Å². The normalized spacial score (nSPS) is 34.2. The van der Waals surface area contributed by atoms with Crippen molar-refractivity contribution in [3.05, 3.63) is 0 Å². The summed E-state index contributed by atoms with van der Waals surface area (Å²) in [7, 11) is 0. The van der Waals surface area contributed by atoms with Gasteiger partial charge in [-0.25, -0.2) is 0 Å². The Labute approximate surface area is 104 Å². The van der Waals surface area contributed by atoms with Gasteiger partial charge in [-0.15, -0.1) is 0 Å². The number of nitrogens with zero attached hydrogens (tertiary/aromatic N) is 1. The van der Waals surface area contributed by atoms with E-state index in [0.717, 1.165) is 30.7 Å². The maximum Gasteiger partial charge on any atom is 0.139 e. The second-order valence-corrected chi connectivity index (χ2v) is 5.78. The standard InChI is InChI=1S/C13H25N3O/c1-9(15-6-2-3-13(14)16-17)12-8-10-4-5-11(12)7-10/h9-12,15,17H,2-8H2,1H3,(H2,14,16). The van der Waals surface area contributed by atoms with Gasteiger partial charge in [-0.1, -0.05) is 11.6 Å². The molecule has 4 heteroatoms. The molecule has 2 bridgehead atoms. The number of amidine groups is 1. The van der Waals surface area contributed by atoms with Gasteiger partial charge in [-0.2, -0.15) is 0 Å². The Hall–Kier alpha value is -0.770. The van der Waals surface area contributed by atoms with Gasteiger partial charge in [0.05, 0.1) is 0 Å². The lowest BCUT2D eigenvalue weighted by Crippen LogP contribution is -2.37. The van der Waals surface area contributed by atoms with Crippen LogP contribution in [0.5, 0.6) is 0 Å². The van der Waals surface area contributed by atoms with Gasteiger partial charge in [0.1, 0.15) is 5.84 Å². The average molecular weight is 239 g/mol. The fraction of sp³-hybridized carbons (Fsp3) is 0.923. The number of hydrogen-bond acceptors (Lipinski definition) is 3. The van der Waals surface area contributed by atoms with Crippen LogP contribution in [0.25, 0.3) is 0 Å². The monoisotopic (exact) mass is 239 g/mol. The molecule has 2 rings (SSSR count). The van der Waals surface area contributed by atoms with Crippen LogP contribution in [0.2, 0.25) is 0 Å². The SMILES string of the molecule is CC(NCCCC(N)=NO)C1CC2CCC1C2. The van der Waals surface area contributed by atoms with Crippen LogP contribution in [-0.2, 0) is 0 Å². The number of fused-ring (bicyclic) bond motifs is 2. The van der Waals surface area contributed by atoms with E-state index in [1.54, 1.807) is 0 Å². The molecule has 0 amide bonds. The molecule has 0 aliphatic heterocycles. The summed E-state index contributed by atoms with van der Waals surface area (Å²) in [6.07, 6.45) is 7.44. The van der Waals surface area contributed by atoms with Gasteiger partial charge in [-0.05, 0) is 56.9 Å². The van der Waals surface area contributed by atoms with Crippen molar-refractivity contribution in [2.45, 2.75) is 51.5 Å². The third-order valence-electron chi connectivity index (χ3n) is 4.64. The molecule has 98 valence electrons. The Bertz CT molecular complexity index is 280. The van der Waals surface area contributed by atoms with Crippen LogP contribution in [0, 0.1) is 17.8 Å². The minimum atomic E-state index is 0.333. The van der Waals surface area contributed by atoms with E-state index in [-0.39, 0.29) is 0 Å². The summed E-state index contributed by atoms with van der Waals surface area (Å²) < 4.78 is 0. The van der Waals surface area contributed by atoms with Crippen LogP contribution < -0.4 is 11.1 Å². The van der Waals surface area contributed by atoms with Gasteiger partial charge in [0.25, 0.3) is 0 Å². The highest BCUT2D eigenvalue weighted by atomic mass is 16.4. The van der Waals surface area contributed by atoms with Crippen molar-refractivity contribution in [2.75, 3.05) is 6.54 Å². The number of rotatable bonds is 6. The molecule has 2 fully saturated rings. The molecule has 4 nitrogen and oxygen atoms in total. The summed E-state index contributed by atoms with van der Waals surface area (Å²) in [5.74, 6) is 3.22. The molecule has 0 aromatic carbocycles. The summed E-state index contributed by atoms with van der Waals surface area (Å²) in [5.41, 5.74) is 5.43. The quantitative estimate of drug-likeness (QED) is 0.218. The van der Waals surface area contributed by atoms with E-state index in [2.05, 4.69) is 17.4 Å². The van der Waals surface area contributed by atoms with Gasteiger partial charge in [-0.3, -0.25) is 0 Å². The lowest BCUT2D eigenvalue weighted by Gasteiger charge is -2.28. The molecule has 4 N–H and O–H groups in total. The van der Waals surface area contributed by atoms with Gasteiger partial charge < -0.3 is 16.3 Å². The fourth-order valence-corrected chi connectivity index (χ4v) is 3.71. The van der Waals surface area contributed by atoms with E-state index in [1.807, 2.05) is 0 Å². The highest BCUT2D eigenvalue weighted by Gasteiger charge is 2.41. The Kier molecular flexibility index (Phi) is 4.26. The number of hydrogen-bond donors (Lipinski definition) is 3. The first-order valence-electron chi connectivity index (χ1n) is 6.90. The summed E-state index contributed by atoms with van der Waals surface area (Å²) >= 11 is 0. The van der Waals surface area contributed by atoms with Crippen LogP contribution in [-0.4, -0.2) is 23.6 Å². The predicted molar refractivity (Wildman–Crippen MR) is 69.0 cm³/mol. The molecule has 0 spiro atoms. The molecule has 17 heavy (non-hydrogen) atoms. The number of nitrogens with one attached hydrogen (secondary N) is 1. The fourth-order valence-electron chi connectivity index (χ4n) is 3.71. The number of oxime groups is 1. The zero-order valence-electron chi connectivity index (χ0n) is 10.7. The third-order valence-corrected chi connectivity index (χ3v) is 4.64. The van der Waals surface area contributed by atoms with Gasteiger partial charge in [0.15, 0.2) is 0 Å². The van der Waals surface area contributed by atoms with Crippen LogP contribution in [0.4, 0.5) is 0 Å². The molecule has 2 aliphatic carbocycles. The Balaban J connectivity index is 1.63. The van der Waals surface area contributed by atoms with Crippen LogP contribution in [0.3, 0.4) is 0 Å². The predicted octanol–water partition coefficient (Wildman–Crippen LogP) is 1.93. The molecular weight excluding hydrogens is 214 g/mol. The van der Waals surface area contributed by atoms with Gasteiger partial charge in [0.2, 0.25) is 0 Å². The zero-order chi connectivity index (χ0) is 12.3. The summed E-state index contributed by atoms with van der Waals surface area (Å²) in [6.45, 7) is 3.28. The van der Waals surface area contributed by atoms with Crippen molar-refractivity contribution in [1.82, 2.24) is 5.32 Å². The third kappa shape index (κ3) is 3.12. The van der Waals surface area contributed by atoms with Crippen molar-refractivity contribution in [2.24, 2.45) is 28.6 Å². The first kappa shape index (κ1) is 12.7. The molecule has 0 heterocycles. The van der Waals surface area contributed by atoms with E-state index in [9.17, 15) is 0 Å². The second-order valence-electron chi connectivity index (χ2n) is 5.78. The zero-order valence-corrected chi connectivity index (χ0v) is 10.7. The Morgan fingerprint density at radius 1 is 1.47 bits per heavy atom. The number of nitrogens with two attached hydrogens (primary N) is 1. The lowest BCUT2D eigenvalue weighted by molar-refractivity contribution is 0.260. The van der Waals surface area contributed by atoms with Gasteiger partial charge >= 0.3 is 0 Å². The topological polar surface area (TPSA) is 70.6 Å². The van der Waals surface area contributed by atoms with Crippen molar-refractivity contribution in [3.8, 4) is 0 Å². The summed E-state index contributed by atoms with van der Waals surface area (Å²) in [5, 5.41) is 15.0. The van der Waals surface area contributed by atoms with Crippen LogP contribution in [0.1, 0.15) is 45.4 Å². The molecule has 4 atom stereocenters. The van der Waals surface area contributed by atoms with Crippen molar-refractivity contribution >= 4 is 5.84 Å². The Morgan fingerprint density at radius 3 is 2.88 bits per heavy atom. The maximum absolute atomic E-state index is 8.43. The molecule has 2 saturated carbocycles. The molecule has 4 unspecified atom stereocenters.